The first-order valence-corrected chi connectivity index (χ1v) is 4.25. The molecule has 0 radical (unpaired) electrons. The van der Waals surface area contributed by atoms with Crippen LogP contribution in [0, 0.1) is 11.3 Å². The van der Waals surface area contributed by atoms with Crippen LogP contribution in [0.25, 0.3) is 0 Å². The van der Waals surface area contributed by atoms with Crippen molar-refractivity contribution in [1.29, 1.82) is 5.26 Å². The van der Waals surface area contributed by atoms with Crippen molar-refractivity contribution in [3.05, 3.63) is 33.8 Å². The summed E-state index contributed by atoms with van der Waals surface area (Å²) in [7, 11) is 0. The number of hydrogen-bond donors (Lipinski definition) is 0. The summed E-state index contributed by atoms with van der Waals surface area (Å²) in [5.41, 5.74) is 0.823. The van der Waals surface area contributed by atoms with Crippen LogP contribution in [0.3, 0.4) is 0 Å². The molecule has 0 fully saturated rings. The molecule has 0 heterocycles. The van der Waals surface area contributed by atoms with Gasteiger partial charge in [0.15, 0.2) is 0 Å². The Hall–Kier alpha value is -0.710. The third kappa shape index (κ3) is 1.91. The SMILES string of the molecule is CC(C#N)c1ccc(Cl)cc1Cl. The highest BCUT2D eigenvalue weighted by molar-refractivity contribution is 6.35. The van der Waals surface area contributed by atoms with Gasteiger partial charge < -0.3 is 0 Å². The second-order valence-electron chi connectivity index (χ2n) is 2.52. The van der Waals surface area contributed by atoms with Gasteiger partial charge >= 0.3 is 0 Å². The fourth-order valence-electron chi connectivity index (χ4n) is 0.922. The van der Waals surface area contributed by atoms with Crippen LogP contribution >= 0.6 is 23.2 Å². The maximum absolute atomic E-state index is 8.64. The molecule has 1 nitrogen and oxygen atoms in total. The van der Waals surface area contributed by atoms with Crippen LogP contribution in [0.1, 0.15) is 18.4 Å². The van der Waals surface area contributed by atoms with Crippen molar-refractivity contribution in [2.75, 3.05) is 0 Å². The fourth-order valence-corrected chi connectivity index (χ4v) is 1.49. The number of nitrogens with zero attached hydrogens (tertiary/aromatic N) is 1. The standard InChI is InChI=1S/C9H7Cl2N/c1-6(5-12)8-3-2-7(10)4-9(8)11/h2-4,6H,1H3. The predicted octanol–water partition coefficient (Wildman–Crippen LogP) is 3.62. The van der Waals surface area contributed by atoms with E-state index in [0.29, 0.717) is 10.0 Å². The molecule has 0 N–H and O–H groups in total. The number of benzene rings is 1. The van der Waals surface area contributed by atoms with Gasteiger partial charge in [-0.3, -0.25) is 0 Å². The van der Waals surface area contributed by atoms with E-state index < -0.39 is 0 Å². The molecule has 1 unspecified atom stereocenters. The highest BCUT2D eigenvalue weighted by Gasteiger charge is 2.07. The van der Waals surface area contributed by atoms with E-state index in [9.17, 15) is 0 Å². The summed E-state index contributed by atoms with van der Waals surface area (Å²) in [6, 6.07) is 7.27. The Morgan fingerprint density at radius 1 is 1.42 bits per heavy atom. The fraction of sp³-hybridized carbons (Fsp3) is 0.222. The van der Waals surface area contributed by atoms with E-state index in [2.05, 4.69) is 6.07 Å². The van der Waals surface area contributed by atoms with Gasteiger partial charge in [-0.2, -0.15) is 5.26 Å². The van der Waals surface area contributed by atoms with Gasteiger partial charge in [0.25, 0.3) is 0 Å². The molecule has 0 amide bonds. The number of halogens is 2. The molecule has 0 aliphatic rings. The molecule has 0 bridgehead atoms. The highest BCUT2D eigenvalue weighted by Crippen LogP contribution is 2.26. The lowest BCUT2D eigenvalue weighted by atomic mass is 10.0. The molecule has 0 saturated heterocycles. The molecular formula is C9H7Cl2N. The summed E-state index contributed by atoms with van der Waals surface area (Å²) >= 11 is 11.6. The maximum Gasteiger partial charge on any atom is 0.0701 e. The van der Waals surface area contributed by atoms with Crippen molar-refractivity contribution in [2.24, 2.45) is 0 Å². The van der Waals surface area contributed by atoms with E-state index in [1.807, 2.05) is 0 Å². The van der Waals surface area contributed by atoms with Crippen LogP contribution in [0.2, 0.25) is 10.0 Å². The lowest BCUT2D eigenvalue weighted by Gasteiger charge is -2.04. The predicted molar refractivity (Wildman–Crippen MR) is 50.5 cm³/mol. The Balaban J connectivity index is 3.11. The van der Waals surface area contributed by atoms with Crippen LogP contribution in [-0.4, -0.2) is 0 Å². The van der Waals surface area contributed by atoms with Gasteiger partial charge in [-0.25, -0.2) is 0 Å². The zero-order valence-electron chi connectivity index (χ0n) is 6.51. The summed E-state index contributed by atoms with van der Waals surface area (Å²) < 4.78 is 0. The monoisotopic (exact) mass is 199 g/mol. The molecule has 1 aromatic carbocycles. The minimum Gasteiger partial charge on any atom is -0.198 e. The average Bonchev–Trinajstić information content (AvgIpc) is 2.03. The molecule has 12 heavy (non-hydrogen) atoms. The first-order chi connectivity index (χ1) is 5.65. The van der Waals surface area contributed by atoms with Crippen LogP contribution in [-0.2, 0) is 0 Å². The molecule has 0 spiro atoms. The normalized spacial score (nSPS) is 12.2. The maximum atomic E-state index is 8.64. The van der Waals surface area contributed by atoms with Gasteiger partial charge in [0.05, 0.1) is 12.0 Å². The third-order valence-electron chi connectivity index (χ3n) is 1.62. The molecule has 0 saturated carbocycles. The zero-order valence-corrected chi connectivity index (χ0v) is 8.02. The molecule has 1 rings (SSSR count). The Kier molecular flexibility index (Phi) is 2.97. The molecule has 0 aliphatic carbocycles. The summed E-state index contributed by atoms with van der Waals surface area (Å²) in [5, 5.41) is 9.78. The van der Waals surface area contributed by atoms with Gasteiger partial charge in [-0.1, -0.05) is 29.3 Å². The van der Waals surface area contributed by atoms with Crippen molar-refractivity contribution in [2.45, 2.75) is 12.8 Å². The van der Waals surface area contributed by atoms with E-state index in [4.69, 9.17) is 28.5 Å². The van der Waals surface area contributed by atoms with Crippen LogP contribution < -0.4 is 0 Å². The highest BCUT2D eigenvalue weighted by atomic mass is 35.5. The first-order valence-electron chi connectivity index (χ1n) is 3.49. The topological polar surface area (TPSA) is 23.8 Å². The molecule has 1 atom stereocenters. The van der Waals surface area contributed by atoms with Crippen molar-refractivity contribution < 1.29 is 0 Å². The third-order valence-corrected chi connectivity index (χ3v) is 2.19. The second kappa shape index (κ2) is 3.80. The van der Waals surface area contributed by atoms with E-state index in [0.717, 1.165) is 5.56 Å². The second-order valence-corrected chi connectivity index (χ2v) is 3.36. The Morgan fingerprint density at radius 3 is 2.58 bits per heavy atom. The molecule has 3 heteroatoms. The molecular weight excluding hydrogens is 193 g/mol. The van der Waals surface area contributed by atoms with E-state index >= 15 is 0 Å². The summed E-state index contributed by atoms with van der Waals surface area (Å²) in [6.45, 7) is 1.80. The van der Waals surface area contributed by atoms with Gasteiger partial charge in [-0.05, 0) is 24.6 Å². The van der Waals surface area contributed by atoms with Gasteiger partial charge in [-0.15, -0.1) is 0 Å². The Labute approximate surface area is 81.5 Å². The number of hydrogen-bond acceptors (Lipinski definition) is 1. The Morgan fingerprint density at radius 2 is 2.08 bits per heavy atom. The van der Waals surface area contributed by atoms with Crippen molar-refractivity contribution in [1.82, 2.24) is 0 Å². The van der Waals surface area contributed by atoms with E-state index in [1.54, 1.807) is 25.1 Å². The quantitative estimate of drug-likeness (QED) is 0.679. The van der Waals surface area contributed by atoms with Gasteiger partial charge in [0.2, 0.25) is 0 Å². The molecule has 0 aliphatic heterocycles. The van der Waals surface area contributed by atoms with Gasteiger partial charge in [0.1, 0.15) is 0 Å². The first kappa shape index (κ1) is 9.38. The largest absolute Gasteiger partial charge is 0.198 e. The minimum atomic E-state index is -0.185. The lowest BCUT2D eigenvalue weighted by Crippen LogP contribution is -1.89. The molecule has 1 aromatic rings. The van der Waals surface area contributed by atoms with Gasteiger partial charge in [0, 0.05) is 10.0 Å². The number of rotatable bonds is 1. The molecule has 62 valence electrons. The van der Waals surface area contributed by atoms with E-state index in [1.165, 1.54) is 0 Å². The summed E-state index contributed by atoms with van der Waals surface area (Å²) in [4.78, 5) is 0. The lowest BCUT2D eigenvalue weighted by molar-refractivity contribution is 0.982. The van der Waals surface area contributed by atoms with Crippen molar-refractivity contribution in [3.63, 3.8) is 0 Å². The smallest absolute Gasteiger partial charge is 0.0701 e. The minimum absolute atomic E-state index is 0.185. The van der Waals surface area contributed by atoms with Crippen LogP contribution in [0.5, 0.6) is 0 Å². The van der Waals surface area contributed by atoms with Crippen molar-refractivity contribution in [3.8, 4) is 6.07 Å². The summed E-state index contributed by atoms with van der Waals surface area (Å²) in [5.74, 6) is -0.185. The van der Waals surface area contributed by atoms with E-state index in [-0.39, 0.29) is 5.92 Å². The van der Waals surface area contributed by atoms with Crippen molar-refractivity contribution >= 4 is 23.2 Å². The van der Waals surface area contributed by atoms with Crippen LogP contribution in [0.4, 0.5) is 0 Å². The Bertz CT molecular complexity index is 328. The average molecular weight is 200 g/mol. The summed E-state index contributed by atoms with van der Waals surface area (Å²) in [6.07, 6.45) is 0. The number of nitriles is 1. The van der Waals surface area contributed by atoms with Crippen LogP contribution in [0.15, 0.2) is 18.2 Å². The zero-order chi connectivity index (χ0) is 9.14. The molecule has 0 aromatic heterocycles.